The number of hydrogen-bond donors (Lipinski definition) is 0. The number of esters is 1. The summed E-state index contributed by atoms with van der Waals surface area (Å²) in [4.78, 5) is 11.3. The Kier molecular flexibility index (Phi) is 3.26. The van der Waals surface area contributed by atoms with Crippen LogP contribution in [-0.4, -0.2) is 5.97 Å². The van der Waals surface area contributed by atoms with Crippen molar-refractivity contribution in [3.63, 3.8) is 0 Å². The standard InChI is InChI=1S/C11H12O2/c1-3-9(2)11(12)13-10-7-5-4-6-8-10/h3-8H,1-2H3/b9-3-. The van der Waals surface area contributed by atoms with Crippen molar-refractivity contribution in [3.8, 4) is 5.75 Å². The third-order valence-electron chi connectivity index (χ3n) is 1.71. The SMILES string of the molecule is C/C=C(/C)C(=O)Oc1ccccc1. The fraction of sp³-hybridized carbons (Fsp3) is 0.182. The summed E-state index contributed by atoms with van der Waals surface area (Å²) < 4.78 is 5.06. The van der Waals surface area contributed by atoms with E-state index in [1.54, 1.807) is 25.1 Å². The summed E-state index contributed by atoms with van der Waals surface area (Å²) in [5.74, 6) is 0.280. The number of ether oxygens (including phenoxy) is 1. The van der Waals surface area contributed by atoms with E-state index in [9.17, 15) is 4.79 Å². The highest BCUT2D eigenvalue weighted by atomic mass is 16.5. The zero-order chi connectivity index (χ0) is 9.68. The van der Waals surface area contributed by atoms with Crippen LogP contribution in [0.2, 0.25) is 0 Å². The Bertz CT molecular complexity index is 312. The van der Waals surface area contributed by atoms with Crippen molar-refractivity contribution >= 4 is 5.97 Å². The molecule has 13 heavy (non-hydrogen) atoms. The minimum absolute atomic E-state index is 0.297. The maximum atomic E-state index is 11.3. The molecule has 0 spiro atoms. The Hall–Kier alpha value is -1.57. The lowest BCUT2D eigenvalue weighted by atomic mass is 10.3. The number of para-hydroxylation sites is 1. The number of hydrogen-bond acceptors (Lipinski definition) is 2. The van der Waals surface area contributed by atoms with Crippen LogP contribution in [0.3, 0.4) is 0 Å². The summed E-state index contributed by atoms with van der Waals surface area (Å²) in [7, 11) is 0. The molecule has 0 atom stereocenters. The molecule has 0 aliphatic heterocycles. The lowest BCUT2D eigenvalue weighted by Crippen LogP contribution is -2.08. The van der Waals surface area contributed by atoms with Crippen LogP contribution in [0.15, 0.2) is 42.0 Å². The summed E-state index contributed by atoms with van der Waals surface area (Å²) in [5.41, 5.74) is 0.615. The molecule has 0 aliphatic rings. The predicted molar refractivity (Wildman–Crippen MR) is 51.5 cm³/mol. The molecule has 68 valence electrons. The van der Waals surface area contributed by atoms with Crippen LogP contribution in [0.1, 0.15) is 13.8 Å². The van der Waals surface area contributed by atoms with Gasteiger partial charge < -0.3 is 4.74 Å². The molecule has 0 aromatic heterocycles. The number of carbonyl (C=O) groups excluding carboxylic acids is 1. The van der Waals surface area contributed by atoms with Crippen molar-refractivity contribution in [2.45, 2.75) is 13.8 Å². The number of carbonyl (C=O) groups is 1. The average molecular weight is 176 g/mol. The van der Waals surface area contributed by atoms with Gasteiger partial charge in [-0.2, -0.15) is 0 Å². The van der Waals surface area contributed by atoms with Crippen LogP contribution < -0.4 is 4.74 Å². The molecule has 0 bridgehead atoms. The van der Waals surface area contributed by atoms with E-state index in [1.165, 1.54) is 0 Å². The second-order valence-electron chi connectivity index (χ2n) is 2.67. The van der Waals surface area contributed by atoms with Crippen molar-refractivity contribution in [3.05, 3.63) is 42.0 Å². The Balaban J connectivity index is 2.66. The van der Waals surface area contributed by atoms with Crippen molar-refractivity contribution in [1.82, 2.24) is 0 Å². The van der Waals surface area contributed by atoms with Gasteiger partial charge in [-0.3, -0.25) is 0 Å². The van der Waals surface area contributed by atoms with E-state index < -0.39 is 0 Å². The van der Waals surface area contributed by atoms with Crippen molar-refractivity contribution < 1.29 is 9.53 Å². The van der Waals surface area contributed by atoms with E-state index in [0.29, 0.717) is 11.3 Å². The molecule has 0 N–H and O–H groups in total. The molecule has 1 aromatic carbocycles. The highest BCUT2D eigenvalue weighted by Crippen LogP contribution is 2.10. The van der Waals surface area contributed by atoms with Crippen molar-refractivity contribution in [1.29, 1.82) is 0 Å². The molecular weight excluding hydrogens is 164 g/mol. The van der Waals surface area contributed by atoms with Crippen LogP contribution >= 0.6 is 0 Å². The normalized spacial score (nSPS) is 11.1. The maximum absolute atomic E-state index is 11.3. The number of benzene rings is 1. The summed E-state index contributed by atoms with van der Waals surface area (Å²) in [6.45, 7) is 3.53. The van der Waals surface area contributed by atoms with Crippen LogP contribution in [0.25, 0.3) is 0 Å². The van der Waals surface area contributed by atoms with E-state index in [4.69, 9.17) is 4.74 Å². The highest BCUT2D eigenvalue weighted by Gasteiger charge is 2.04. The monoisotopic (exact) mass is 176 g/mol. The van der Waals surface area contributed by atoms with Gasteiger partial charge >= 0.3 is 5.97 Å². The molecule has 0 saturated heterocycles. The lowest BCUT2D eigenvalue weighted by Gasteiger charge is -2.02. The summed E-state index contributed by atoms with van der Waals surface area (Å²) in [6.07, 6.45) is 1.73. The van der Waals surface area contributed by atoms with Crippen LogP contribution in [0, 0.1) is 0 Å². The fourth-order valence-corrected chi connectivity index (χ4v) is 0.794. The minimum atomic E-state index is -0.297. The van der Waals surface area contributed by atoms with Gasteiger partial charge in [0, 0.05) is 5.57 Å². The molecule has 0 saturated carbocycles. The predicted octanol–water partition coefficient (Wildman–Crippen LogP) is 2.56. The Morgan fingerprint density at radius 3 is 2.46 bits per heavy atom. The Morgan fingerprint density at radius 2 is 1.92 bits per heavy atom. The highest BCUT2D eigenvalue weighted by molar-refractivity contribution is 5.89. The van der Waals surface area contributed by atoms with Gasteiger partial charge in [0.15, 0.2) is 0 Å². The van der Waals surface area contributed by atoms with E-state index in [0.717, 1.165) is 0 Å². The molecule has 0 unspecified atom stereocenters. The van der Waals surface area contributed by atoms with Crippen molar-refractivity contribution in [2.24, 2.45) is 0 Å². The van der Waals surface area contributed by atoms with Gasteiger partial charge in [0.2, 0.25) is 0 Å². The zero-order valence-corrected chi connectivity index (χ0v) is 7.78. The first-order chi connectivity index (χ1) is 6.24. The summed E-state index contributed by atoms with van der Waals surface area (Å²) in [5, 5.41) is 0. The molecule has 0 aliphatic carbocycles. The molecule has 0 radical (unpaired) electrons. The quantitative estimate of drug-likeness (QED) is 0.393. The molecular formula is C11H12O2. The Morgan fingerprint density at radius 1 is 1.31 bits per heavy atom. The van der Waals surface area contributed by atoms with Crippen molar-refractivity contribution in [2.75, 3.05) is 0 Å². The summed E-state index contributed by atoms with van der Waals surface area (Å²) in [6, 6.07) is 9.03. The van der Waals surface area contributed by atoms with Crippen LogP contribution in [-0.2, 0) is 4.79 Å². The van der Waals surface area contributed by atoms with Gasteiger partial charge in [0.1, 0.15) is 5.75 Å². The Labute approximate surface area is 77.8 Å². The number of allylic oxidation sites excluding steroid dienone is 1. The second kappa shape index (κ2) is 4.45. The van der Waals surface area contributed by atoms with Crippen LogP contribution in [0.4, 0.5) is 0 Å². The molecule has 0 fully saturated rings. The van der Waals surface area contributed by atoms with Gasteiger partial charge in [-0.15, -0.1) is 0 Å². The first kappa shape index (κ1) is 9.52. The minimum Gasteiger partial charge on any atom is -0.423 e. The van der Waals surface area contributed by atoms with Gasteiger partial charge in [0.05, 0.1) is 0 Å². The smallest absolute Gasteiger partial charge is 0.338 e. The number of rotatable bonds is 2. The first-order valence-corrected chi connectivity index (χ1v) is 4.14. The van der Waals surface area contributed by atoms with E-state index in [-0.39, 0.29) is 5.97 Å². The largest absolute Gasteiger partial charge is 0.423 e. The molecule has 0 amide bonds. The molecule has 2 nitrogen and oxygen atoms in total. The van der Waals surface area contributed by atoms with Gasteiger partial charge in [-0.1, -0.05) is 24.3 Å². The van der Waals surface area contributed by atoms with E-state index >= 15 is 0 Å². The lowest BCUT2D eigenvalue weighted by molar-refractivity contribution is -0.130. The molecule has 1 rings (SSSR count). The summed E-state index contributed by atoms with van der Waals surface area (Å²) >= 11 is 0. The third kappa shape index (κ3) is 2.75. The zero-order valence-electron chi connectivity index (χ0n) is 7.78. The fourth-order valence-electron chi connectivity index (χ4n) is 0.794. The van der Waals surface area contributed by atoms with Gasteiger partial charge in [-0.25, -0.2) is 4.79 Å². The molecule has 2 heteroatoms. The molecule has 0 heterocycles. The second-order valence-corrected chi connectivity index (χ2v) is 2.67. The molecule has 1 aromatic rings. The van der Waals surface area contributed by atoms with Gasteiger partial charge in [-0.05, 0) is 26.0 Å². The topological polar surface area (TPSA) is 26.3 Å². The average Bonchev–Trinajstić information content (AvgIpc) is 2.18. The van der Waals surface area contributed by atoms with E-state index in [1.807, 2.05) is 25.1 Å². The van der Waals surface area contributed by atoms with Crippen LogP contribution in [0.5, 0.6) is 5.75 Å². The first-order valence-electron chi connectivity index (χ1n) is 4.14. The van der Waals surface area contributed by atoms with E-state index in [2.05, 4.69) is 0 Å². The van der Waals surface area contributed by atoms with Gasteiger partial charge in [0.25, 0.3) is 0 Å². The third-order valence-corrected chi connectivity index (χ3v) is 1.71. The maximum Gasteiger partial charge on any atom is 0.338 e.